The van der Waals surface area contributed by atoms with Crippen molar-refractivity contribution in [3.63, 3.8) is 0 Å². The average molecular weight is 362 g/mol. The van der Waals surface area contributed by atoms with Gasteiger partial charge in [0.1, 0.15) is 5.60 Å². The third-order valence-electron chi connectivity index (χ3n) is 5.32. The molecule has 1 N–H and O–H groups in total. The average Bonchev–Trinajstić information content (AvgIpc) is 3.15. The van der Waals surface area contributed by atoms with Gasteiger partial charge in [0, 0.05) is 45.0 Å². The topological polar surface area (TPSA) is 69.3 Å². The third-order valence-corrected chi connectivity index (χ3v) is 5.32. The largest absolute Gasteiger partial charge is 0.490 e. The van der Waals surface area contributed by atoms with Gasteiger partial charge in [-0.25, -0.2) is 0 Å². The molecule has 1 spiro atoms. The lowest BCUT2D eigenvalue weighted by atomic mass is 9.97. The van der Waals surface area contributed by atoms with Crippen LogP contribution in [0, 0.1) is 0 Å². The highest BCUT2D eigenvalue weighted by atomic mass is 16.6. The van der Waals surface area contributed by atoms with E-state index in [2.05, 4.69) is 10.2 Å². The van der Waals surface area contributed by atoms with Gasteiger partial charge in [0.15, 0.2) is 11.5 Å². The fourth-order valence-corrected chi connectivity index (χ4v) is 4.10. The first kappa shape index (κ1) is 17.6. The standard InChI is InChI=1S/C19H26N2O5/c1-23-17-11-21(13-19(17)6-2-9-26-19)12-18(22)20-14-4-5-15-16(10-14)25-8-3-7-24-15/h4-5,10,17H,2-3,6-9,11-13H2,1H3,(H,20,22)/t17-,19-/m1/s1. The van der Waals surface area contributed by atoms with Crippen LogP contribution in [0.5, 0.6) is 11.5 Å². The van der Waals surface area contributed by atoms with E-state index in [1.807, 2.05) is 18.2 Å². The van der Waals surface area contributed by atoms with Gasteiger partial charge in [0.05, 0.1) is 25.9 Å². The smallest absolute Gasteiger partial charge is 0.238 e. The van der Waals surface area contributed by atoms with Gasteiger partial charge < -0.3 is 24.3 Å². The van der Waals surface area contributed by atoms with E-state index < -0.39 is 0 Å². The number of hydrogen-bond donors (Lipinski definition) is 1. The number of carbonyl (C=O) groups excluding carboxylic acids is 1. The third kappa shape index (κ3) is 3.51. The fourth-order valence-electron chi connectivity index (χ4n) is 4.10. The number of ether oxygens (including phenoxy) is 4. The lowest BCUT2D eigenvalue weighted by Crippen LogP contribution is -2.42. The lowest BCUT2D eigenvalue weighted by molar-refractivity contribution is -0.117. The van der Waals surface area contributed by atoms with Gasteiger partial charge in [0.2, 0.25) is 5.91 Å². The quantitative estimate of drug-likeness (QED) is 0.879. The van der Waals surface area contributed by atoms with Crippen LogP contribution in [-0.4, -0.2) is 69.1 Å². The summed E-state index contributed by atoms with van der Waals surface area (Å²) in [5.41, 5.74) is 0.471. The Morgan fingerprint density at radius 3 is 2.88 bits per heavy atom. The minimum atomic E-state index is -0.246. The van der Waals surface area contributed by atoms with Crippen molar-refractivity contribution in [1.29, 1.82) is 0 Å². The number of likely N-dealkylation sites (tertiary alicyclic amines) is 1. The molecule has 4 rings (SSSR count). The molecule has 0 radical (unpaired) electrons. The van der Waals surface area contributed by atoms with Crippen LogP contribution in [0.1, 0.15) is 19.3 Å². The van der Waals surface area contributed by atoms with Crippen molar-refractivity contribution in [3.05, 3.63) is 18.2 Å². The highest BCUT2D eigenvalue weighted by Gasteiger charge is 2.50. The van der Waals surface area contributed by atoms with Crippen LogP contribution in [0.2, 0.25) is 0 Å². The molecule has 3 heterocycles. The lowest BCUT2D eigenvalue weighted by Gasteiger charge is -2.28. The predicted molar refractivity (Wildman–Crippen MR) is 95.8 cm³/mol. The maximum atomic E-state index is 12.5. The van der Waals surface area contributed by atoms with Crippen molar-refractivity contribution in [2.45, 2.75) is 31.0 Å². The van der Waals surface area contributed by atoms with E-state index >= 15 is 0 Å². The van der Waals surface area contributed by atoms with E-state index in [1.165, 1.54) is 0 Å². The maximum Gasteiger partial charge on any atom is 0.238 e. The summed E-state index contributed by atoms with van der Waals surface area (Å²) in [6, 6.07) is 5.51. The SMILES string of the molecule is CO[C@@H]1CN(CC(=O)Nc2ccc3c(c2)OCCCO3)C[C@]12CCCO2. The second kappa shape index (κ2) is 7.42. The van der Waals surface area contributed by atoms with Crippen molar-refractivity contribution in [2.75, 3.05) is 51.9 Å². The first-order chi connectivity index (χ1) is 12.7. The minimum absolute atomic E-state index is 0.0239. The van der Waals surface area contributed by atoms with E-state index in [0.717, 1.165) is 38.2 Å². The molecular weight excluding hydrogens is 336 g/mol. The van der Waals surface area contributed by atoms with Crippen molar-refractivity contribution < 1.29 is 23.7 Å². The number of nitrogens with zero attached hydrogens (tertiary/aromatic N) is 1. The molecule has 1 amide bonds. The molecule has 2 saturated heterocycles. The summed E-state index contributed by atoms with van der Waals surface area (Å²) in [6.07, 6.45) is 2.93. The molecule has 0 aromatic heterocycles. The number of methoxy groups -OCH3 is 1. The van der Waals surface area contributed by atoms with Crippen LogP contribution >= 0.6 is 0 Å². The Kier molecular flexibility index (Phi) is 5.02. The van der Waals surface area contributed by atoms with Gasteiger partial charge >= 0.3 is 0 Å². The maximum absolute atomic E-state index is 12.5. The van der Waals surface area contributed by atoms with Gasteiger partial charge in [-0.3, -0.25) is 9.69 Å². The van der Waals surface area contributed by atoms with Crippen molar-refractivity contribution in [3.8, 4) is 11.5 Å². The van der Waals surface area contributed by atoms with Gasteiger partial charge in [-0.2, -0.15) is 0 Å². The van der Waals surface area contributed by atoms with E-state index in [9.17, 15) is 4.79 Å². The number of carbonyl (C=O) groups is 1. The molecule has 2 atom stereocenters. The minimum Gasteiger partial charge on any atom is -0.490 e. The Labute approximate surface area is 153 Å². The van der Waals surface area contributed by atoms with E-state index in [0.29, 0.717) is 37.7 Å². The van der Waals surface area contributed by atoms with E-state index in [-0.39, 0.29) is 17.6 Å². The molecule has 26 heavy (non-hydrogen) atoms. The molecular formula is C19H26N2O5. The zero-order valence-electron chi connectivity index (χ0n) is 15.2. The summed E-state index contributed by atoms with van der Waals surface area (Å²) in [6.45, 7) is 3.82. The second-order valence-corrected chi connectivity index (χ2v) is 7.17. The van der Waals surface area contributed by atoms with Gasteiger partial charge in [-0.1, -0.05) is 0 Å². The Morgan fingerprint density at radius 2 is 2.12 bits per heavy atom. The molecule has 0 saturated carbocycles. The first-order valence-electron chi connectivity index (χ1n) is 9.27. The fraction of sp³-hybridized carbons (Fsp3) is 0.632. The summed E-state index contributed by atoms with van der Waals surface area (Å²) in [5, 5.41) is 2.95. The number of nitrogens with one attached hydrogen (secondary N) is 1. The van der Waals surface area contributed by atoms with Crippen LogP contribution in [0.4, 0.5) is 5.69 Å². The van der Waals surface area contributed by atoms with E-state index in [4.69, 9.17) is 18.9 Å². The molecule has 1 aromatic rings. The molecule has 3 aliphatic heterocycles. The molecule has 3 aliphatic rings. The summed E-state index contributed by atoms with van der Waals surface area (Å²) in [4.78, 5) is 14.6. The highest BCUT2D eigenvalue weighted by molar-refractivity contribution is 5.92. The zero-order chi connectivity index (χ0) is 18.0. The van der Waals surface area contributed by atoms with Crippen LogP contribution in [0.15, 0.2) is 18.2 Å². The number of amides is 1. The highest BCUT2D eigenvalue weighted by Crippen LogP contribution is 2.36. The predicted octanol–water partition coefficient (Wildman–Crippen LogP) is 1.67. The molecule has 7 heteroatoms. The van der Waals surface area contributed by atoms with Crippen LogP contribution in [0.25, 0.3) is 0 Å². The molecule has 0 aliphatic carbocycles. The molecule has 7 nitrogen and oxygen atoms in total. The van der Waals surface area contributed by atoms with Crippen LogP contribution < -0.4 is 14.8 Å². The summed E-state index contributed by atoms with van der Waals surface area (Å²) < 4.78 is 22.9. The Balaban J connectivity index is 1.36. The summed E-state index contributed by atoms with van der Waals surface area (Å²) in [7, 11) is 1.72. The van der Waals surface area contributed by atoms with Gasteiger partial charge in [-0.15, -0.1) is 0 Å². The molecule has 142 valence electrons. The second-order valence-electron chi connectivity index (χ2n) is 7.17. The molecule has 1 aromatic carbocycles. The molecule has 2 fully saturated rings. The first-order valence-corrected chi connectivity index (χ1v) is 9.27. The number of fused-ring (bicyclic) bond motifs is 1. The van der Waals surface area contributed by atoms with Gasteiger partial charge in [0.25, 0.3) is 0 Å². The number of benzene rings is 1. The Morgan fingerprint density at radius 1 is 1.27 bits per heavy atom. The van der Waals surface area contributed by atoms with Crippen molar-refractivity contribution >= 4 is 11.6 Å². The number of anilines is 1. The summed E-state index contributed by atoms with van der Waals surface area (Å²) >= 11 is 0. The van der Waals surface area contributed by atoms with Crippen LogP contribution in [-0.2, 0) is 14.3 Å². The number of hydrogen-bond acceptors (Lipinski definition) is 6. The van der Waals surface area contributed by atoms with Crippen molar-refractivity contribution in [1.82, 2.24) is 4.90 Å². The Bertz CT molecular complexity index is 659. The van der Waals surface area contributed by atoms with Gasteiger partial charge in [-0.05, 0) is 25.0 Å². The molecule has 0 unspecified atom stereocenters. The van der Waals surface area contributed by atoms with Crippen LogP contribution in [0.3, 0.4) is 0 Å². The summed E-state index contributed by atoms with van der Waals surface area (Å²) in [5.74, 6) is 1.35. The monoisotopic (exact) mass is 362 g/mol. The van der Waals surface area contributed by atoms with Crippen molar-refractivity contribution in [2.24, 2.45) is 0 Å². The Hall–Kier alpha value is -1.83. The number of rotatable bonds is 4. The normalized spacial score (nSPS) is 28.3. The zero-order valence-corrected chi connectivity index (χ0v) is 15.2. The van der Waals surface area contributed by atoms with E-state index in [1.54, 1.807) is 7.11 Å². The molecule has 0 bridgehead atoms.